The van der Waals surface area contributed by atoms with E-state index in [2.05, 4.69) is 20.1 Å². The SMILES string of the molecule is CNS(=O)(=O)c1ccc(CC2CCCCC2)c(-c2nnn(C3CCC3)n2)c1. The van der Waals surface area contributed by atoms with Crippen LogP contribution in [0.1, 0.15) is 63.0 Å². The van der Waals surface area contributed by atoms with E-state index in [1.54, 1.807) is 16.9 Å². The summed E-state index contributed by atoms with van der Waals surface area (Å²) in [5.74, 6) is 1.17. The summed E-state index contributed by atoms with van der Waals surface area (Å²) in [6.07, 6.45) is 10.6. The molecule has 27 heavy (non-hydrogen) atoms. The van der Waals surface area contributed by atoms with E-state index in [0.29, 0.717) is 17.8 Å². The number of nitrogens with one attached hydrogen (secondary N) is 1. The van der Waals surface area contributed by atoms with Gasteiger partial charge < -0.3 is 0 Å². The van der Waals surface area contributed by atoms with Gasteiger partial charge in [0.05, 0.1) is 10.9 Å². The van der Waals surface area contributed by atoms with Gasteiger partial charge in [-0.3, -0.25) is 0 Å². The van der Waals surface area contributed by atoms with Gasteiger partial charge >= 0.3 is 0 Å². The zero-order valence-electron chi connectivity index (χ0n) is 15.8. The van der Waals surface area contributed by atoms with Crippen molar-refractivity contribution in [1.82, 2.24) is 24.9 Å². The van der Waals surface area contributed by atoms with Gasteiger partial charge in [0.15, 0.2) is 0 Å². The molecule has 1 N–H and O–H groups in total. The molecule has 0 amide bonds. The van der Waals surface area contributed by atoms with Crippen LogP contribution in [-0.4, -0.2) is 35.7 Å². The van der Waals surface area contributed by atoms with Gasteiger partial charge in [-0.25, -0.2) is 13.1 Å². The molecule has 0 atom stereocenters. The molecule has 4 rings (SSSR count). The van der Waals surface area contributed by atoms with Crippen LogP contribution in [0.4, 0.5) is 0 Å². The summed E-state index contributed by atoms with van der Waals surface area (Å²) in [7, 11) is -2.09. The molecule has 0 saturated heterocycles. The topological polar surface area (TPSA) is 89.8 Å². The predicted molar refractivity (Wildman–Crippen MR) is 103 cm³/mol. The van der Waals surface area contributed by atoms with Crippen molar-refractivity contribution in [2.45, 2.75) is 68.7 Å². The van der Waals surface area contributed by atoms with Gasteiger partial charge in [-0.15, -0.1) is 10.2 Å². The molecule has 8 heteroatoms. The minimum absolute atomic E-state index is 0.243. The molecule has 0 spiro atoms. The molecule has 2 aromatic rings. The van der Waals surface area contributed by atoms with E-state index in [1.807, 2.05) is 6.07 Å². The molecule has 0 radical (unpaired) electrons. The summed E-state index contributed by atoms with van der Waals surface area (Å²) >= 11 is 0. The van der Waals surface area contributed by atoms with Crippen molar-refractivity contribution >= 4 is 10.0 Å². The molecule has 2 aliphatic carbocycles. The minimum Gasteiger partial charge on any atom is -0.214 e. The lowest BCUT2D eigenvalue weighted by Crippen LogP contribution is -2.19. The molecule has 1 aromatic heterocycles. The van der Waals surface area contributed by atoms with E-state index in [0.717, 1.165) is 30.4 Å². The molecule has 0 bridgehead atoms. The Morgan fingerprint density at radius 3 is 2.56 bits per heavy atom. The molecule has 146 valence electrons. The Morgan fingerprint density at radius 1 is 1.11 bits per heavy atom. The first-order chi connectivity index (χ1) is 13.1. The summed E-state index contributed by atoms with van der Waals surface area (Å²) in [5, 5.41) is 13.1. The van der Waals surface area contributed by atoms with Crippen LogP contribution in [0.5, 0.6) is 0 Å². The predicted octanol–water partition coefficient (Wildman–Crippen LogP) is 3.10. The number of rotatable bonds is 6. The number of hydrogen-bond acceptors (Lipinski definition) is 5. The van der Waals surface area contributed by atoms with Crippen molar-refractivity contribution in [3.63, 3.8) is 0 Å². The molecule has 0 unspecified atom stereocenters. The van der Waals surface area contributed by atoms with Crippen LogP contribution in [0, 0.1) is 5.92 Å². The van der Waals surface area contributed by atoms with Crippen molar-refractivity contribution in [2.24, 2.45) is 5.92 Å². The van der Waals surface area contributed by atoms with E-state index in [9.17, 15) is 8.42 Å². The fraction of sp³-hybridized carbons (Fsp3) is 0.632. The largest absolute Gasteiger partial charge is 0.240 e. The third kappa shape index (κ3) is 3.91. The highest BCUT2D eigenvalue weighted by Gasteiger charge is 2.24. The highest BCUT2D eigenvalue weighted by molar-refractivity contribution is 7.89. The molecule has 2 saturated carbocycles. The summed E-state index contributed by atoms with van der Waals surface area (Å²) in [5.41, 5.74) is 1.91. The average Bonchev–Trinajstić information content (AvgIpc) is 3.10. The Morgan fingerprint density at radius 2 is 1.89 bits per heavy atom. The summed E-state index contributed by atoms with van der Waals surface area (Å²) in [6.45, 7) is 0. The number of tetrazole rings is 1. The number of benzene rings is 1. The second-order valence-corrected chi connectivity index (χ2v) is 9.64. The molecule has 2 fully saturated rings. The van der Waals surface area contributed by atoms with Gasteiger partial charge in [0, 0.05) is 5.56 Å². The third-order valence-corrected chi connectivity index (χ3v) is 7.38. The van der Waals surface area contributed by atoms with Crippen LogP contribution in [0.3, 0.4) is 0 Å². The zero-order chi connectivity index (χ0) is 18.9. The summed E-state index contributed by atoms with van der Waals surface area (Å²) < 4.78 is 27.0. The van der Waals surface area contributed by atoms with Crippen LogP contribution in [0.15, 0.2) is 23.1 Å². The maximum absolute atomic E-state index is 12.3. The Kier molecular flexibility index (Phi) is 5.27. The lowest BCUT2D eigenvalue weighted by molar-refractivity contribution is 0.258. The molecular weight excluding hydrogens is 362 g/mol. The highest BCUT2D eigenvalue weighted by atomic mass is 32.2. The van der Waals surface area contributed by atoms with Crippen molar-refractivity contribution in [3.05, 3.63) is 23.8 Å². The third-order valence-electron chi connectivity index (χ3n) is 5.96. The van der Waals surface area contributed by atoms with Crippen molar-refractivity contribution < 1.29 is 8.42 Å². The van der Waals surface area contributed by atoms with E-state index < -0.39 is 10.0 Å². The van der Waals surface area contributed by atoms with Gasteiger partial charge in [-0.2, -0.15) is 4.80 Å². The fourth-order valence-electron chi connectivity index (χ4n) is 4.03. The first-order valence-corrected chi connectivity index (χ1v) is 11.4. The number of aromatic nitrogens is 4. The van der Waals surface area contributed by atoms with Crippen LogP contribution in [-0.2, 0) is 16.4 Å². The smallest absolute Gasteiger partial charge is 0.214 e. The van der Waals surface area contributed by atoms with Crippen LogP contribution in [0.2, 0.25) is 0 Å². The summed E-state index contributed by atoms with van der Waals surface area (Å²) in [6, 6.07) is 5.64. The van der Waals surface area contributed by atoms with E-state index in [-0.39, 0.29) is 4.90 Å². The van der Waals surface area contributed by atoms with Crippen LogP contribution in [0.25, 0.3) is 11.4 Å². The monoisotopic (exact) mass is 389 g/mol. The summed E-state index contributed by atoms with van der Waals surface area (Å²) in [4.78, 5) is 1.94. The van der Waals surface area contributed by atoms with Crippen LogP contribution < -0.4 is 4.72 Å². The highest BCUT2D eigenvalue weighted by Crippen LogP contribution is 2.33. The lowest BCUT2D eigenvalue weighted by Gasteiger charge is -2.23. The first kappa shape index (κ1) is 18.6. The van der Waals surface area contributed by atoms with Gasteiger partial charge in [-0.05, 0) is 61.6 Å². The lowest BCUT2D eigenvalue weighted by atomic mass is 9.84. The van der Waals surface area contributed by atoms with E-state index >= 15 is 0 Å². The normalized spacial score (nSPS) is 19.1. The molecule has 1 heterocycles. The van der Waals surface area contributed by atoms with Crippen molar-refractivity contribution in [2.75, 3.05) is 7.05 Å². The number of nitrogens with zero attached hydrogens (tertiary/aromatic N) is 4. The molecule has 1 aromatic carbocycles. The fourth-order valence-corrected chi connectivity index (χ4v) is 4.79. The standard InChI is InChI=1S/C19H27N5O2S/c1-20-27(25,26)17-11-10-15(12-14-6-3-2-4-7-14)18(13-17)19-21-23-24(22-19)16-8-5-9-16/h10-11,13-14,16,20H,2-9,12H2,1H3. The van der Waals surface area contributed by atoms with Gasteiger partial charge in [0.2, 0.25) is 15.8 Å². The number of hydrogen-bond donors (Lipinski definition) is 1. The van der Waals surface area contributed by atoms with Gasteiger partial charge in [-0.1, -0.05) is 38.2 Å². The Hall–Kier alpha value is -1.80. The Labute approximate surface area is 160 Å². The maximum Gasteiger partial charge on any atom is 0.240 e. The quantitative estimate of drug-likeness (QED) is 0.820. The second-order valence-electron chi connectivity index (χ2n) is 7.75. The molecule has 2 aliphatic rings. The molecular formula is C19H27N5O2S. The van der Waals surface area contributed by atoms with Gasteiger partial charge in [0.1, 0.15) is 0 Å². The molecule has 7 nitrogen and oxygen atoms in total. The van der Waals surface area contributed by atoms with E-state index in [1.165, 1.54) is 45.6 Å². The van der Waals surface area contributed by atoms with Crippen LogP contribution >= 0.6 is 0 Å². The maximum atomic E-state index is 12.3. The second kappa shape index (κ2) is 7.67. The average molecular weight is 390 g/mol. The number of sulfonamides is 1. The van der Waals surface area contributed by atoms with Crippen molar-refractivity contribution in [3.8, 4) is 11.4 Å². The first-order valence-electron chi connectivity index (χ1n) is 9.93. The van der Waals surface area contributed by atoms with E-state index in [4.69, 9.17) is 0 Å². The Balaban J connectivity index is 1.70. The molecule has 0 aliphatic heterocycles. The minimum atomic E-state index is -3.51. The van der Waals surface area contributed by atoms with Gasteiger partial charge in [0.25, 0.3) is 0 Å². The Bertz CT molecular complexity index is 899. The van der Waals surface area contributed by atoms with Crippen molar-refractivity contribution in [1.29, 1.82) is 0 Å². The zero-order valence-corrected chi connectivity index (χ0v) is 16.6.